The van der Waals surface area contributed by atoms with Gasteiger partial charge in [-0.05, 0) is 54.6 Å². The van der Waals surface area contributed by atoms with Gasteiger partial charge in [0, 0.05) is 31.0 Å². The molecule has 0 radical (unpaired) electrons. The minimum atomic E-state index is -0.0624. The molecule has 1 saturated heterocycles. The summed E-state index contributed by atoms with van der Waals surface area (Å²) in [6.45, 7) is 4.88. The van der Waals surface area contributed by atoms with Crippen LogP contribution in [0.3, 0.4) is 0 Å². The first-order valence-electron chi connectivity index (χ1n) is 10.7. The molecule has 4 heteroatoms. The van der Waals surface area contributed by atoms with Crippen molar-refractivity contribution in [2.24, 2.45) is 5.92 Å². The van der Waals surface area contributed by atoms with Crippen molar-refractivity contribution in [1.29, 1.82) is 0 Å². The molecule has 0 saturated carbocycles. The highest BCUT2D eigenvalue weighted by Crippen LogP contribution is 2.26. The number of hydrogen-bond donors (Lipinski definition) is 0. The Bertz CT molecular complexity index is 970. The van der Waals surface area contributed by atoms with Gasteiger partial charge in [-0.15, -0.1) is 0 Å². The van der Waals surface area contributed by atoms with Crippen molar-refractivity contribution < 1.29 is 9.53 Å². The van der Waals surface area contributed by atoms with E-state index in [4.69, 9.17) is 4.74 Å². The third kappa shape index (κ3) is 4.95. The first-order chi connectivity index (χ1) is 14.7. The second-order valence-electron chi connectivity index (χ2n) is 7.85. The standard InChI is InChI=1S/C26H28N2O2/c1-2-30-26(29)24-9-6-14-28(19-24)18-20-15-25(17-27-16-20)23-12-10-22(11-13-23)21-7-4-3-5-8-21/h3-5,7-8,10-13,15-17,24H,2,6,9,14,18-19H2,1H3. The van der Waals surface area contributed by atoms with Gasteiger partial charge in [-0.25, -0.2) is 0 Å². The number of carbonyl (C=O) groups is 1. The number of esters is 1. The van der Waals surface area contributed by atoms with Crippen LogP contribution in [0.25, 0.3) is 22.3 Å². The van der Waals surface area contributed by atoms with Crippen molar-refractivity contribution in [2.75, 3.05) is 19.7 Å². The Balaban J connectivity index is 1.44. The van der Waals surface area contributed by atoms with Gasteiger partial charge >= 0.3 is 5.97 Å². The van der Waals surface area contributed by atoms with E-state index >= 15 is 0 Å². The number of ether oxygens (including phenoxy) is 1. The van der Waals surface area contributed by atoms with E-state index in [1.807, 2.05) is 25.4 Å². The van der Waals surface area contributed by atoms with Gasteiger partial charge in [0.05, 0.1) is 12.5 Å². The summed E-state index contributed by atoms with van der Waals surface area (Å²) in [5.41, 5.74) is 5.88. The Morgan fingerprint density at radius 3 is 2.43 bits per heavy atom. The average Bonchev–Trinajstić information content (AvgIpc) is 2.80. The van der Waals surface area contributed by atoms with Crippen LogP contribution in [0.2, 0.25) is 0 Å². The topological polar surface area (TPSA) is 42.4 Å². The van der Waals surface area contributed by atoms with Gasteiger partial charge in [0.15, 0.2) is 0 Å². The molecule has 2 aromatic carbocycles. The molecule has 154 valence electrons. The Kier molecular flexibility index (Phi) is 6.55. The number of nitrogens with zero attached hydrogens (tertiary/aromatic N) is 2. The summed E-state index contributed by atoms with van der Waals surface area (Å²) < 4.78 is 5.22. The van der Waals surface area contributed by atoms with E-state index in [1.54, 1.807) is 0 Å². The van der Waals surface area contributed by atoms with E-state index in [0.717, 1.165) is 43.6 Å². The Labute approximate surface area is 178 Å². The molecular weight excluding hydrogens is 372 g/mol. The van der Waals surface area contributed by atoms with Crippen molar-refractivity contribution in [2.45, 2.75) is 26.3 Å². The van der Waals surface area contributed by atoms with E-state index in [1.165, 1.54) is 16.7 Å². The van der Waals surface area contributed by atoms with Gasteiger partial charge in [-0.1, -0.05) is 54.6 Å². The third-order valence-electron chi connectivity index (χ3n) is 5.65. The predicted molar refractivity (Wildman–Crippen MR) is 120 cm³/mol. The van der Waals surface area contributed by atoms with Gasteiger partial charge in [0.25, 0.3) is 0 Å². The Hall–Kier alpha value is -2.98. The van der Waals surface area contributed by atoms with Gasteiger partial charge in [-0.2, -0.15) is 0 Å². The second kappa shape index (κ2) is 9.68. The summed E-state index contributed by atoms with van der Waals surface area (Å²) in [5.74, 6) is -0.0760. The van der Waals surface area contributed by atoms with Crippen LogP contribution in [0.15, 0.2) is 73.1 Å². The number of benzene rings is 2. The fourth-order valence-corrected chi connectivity index (χ4v) is 4.13. The third-order valence-corrected chi connectivity index (χ3v) is 5.65. The molecular formula is C26H28N2O2. The summed E-state index contributed by atoms with van der Waals surface area (Å²) in [6, 6.07) is 21.2. The normalized spacial score (nSPS) is 16.9. The lowest BCUT2D eigenvalue weighted by molar-refractivity contribution is -0.150. The van der Waals surface area contributed by atoms with Crippen molar-refractivity contribution in [3.8, 4) is 22.3 Å². The summed E-state index contributed by atoms with van der Waals surface area (Å²) in [4.78, 5) is 18.9. The zero-order valence-electron chi connectivity index (χ0n) is 17.5. The summed E-state index contributed by atoms with van der Waals surface area (Å²) in [7, 11) is 0. The van der Waals surface area contributed by atoms with E-state index in [0.29, 0.717) is 6.61 Å². The number of hydrogen-bond acceptors (Lipinski definition) is 4. The molecule has 0 bridgehead atoms. The lowest BCUT2D eigenvalue weighted by Gasteiger charge is -2.31. The largest absolute Gasteiger partial charge is 0.466 e. The highest BCUT2D eigenvalue weighted by Gasteiger charge is 2.26. The van der Waals surface area contributed by atoms with Crippen molar-refractivity contribution >= 4 is 5.97 Å². The van der Waals surface area contributed by atoms with Crippen LogP contribution < -0.4 is 0 Å². The first-order valence-corrected chi connectivity index (χ1v) is 10.7. The lowest BCUT2D eigenvalue weighted by atomic mass is 9.97. The van der Waals surface area contributed by atoms with E-state index in [2.05, 4.69) is 64.5 Å². The molecule has 1 unspecified atom stereocenters. The molecule has 30 heavy (non-hydrogen) atoms. The van der Waals surface area contributed by atoms with Crippen LogP contribution in [-0.4, -0.2) is 35.5 Å². The van der Waals surface area contributed by atoms with Gasteiger partial charge in [0.2, 0.25) is 0 Å². The maximum atomic E-state index is 12.1. The number of carbonyl (C=O) groups excluding carboxylic acids is 1. The van der Waals surface area contributed by atoms with Crippen LogP contribution in [0.4, 0.5) is 0 Å². The molecule has 1 atom stereocenters. The Morgan fingerprint density at radius 1 is 1.00 bits per heavy atom. The minimum Gasteiger partial charge on any atom is -0.466 e. The molecule has 4 rings (SSSR count). The Morgan fingerprint density at radius 2 is 1.70 bits per heavy atom. The van der Waals surface area contributed by atoms with Crippen LogP contribution in [0.5, 0.6) is 0 Å². The molecule has 0 N–H and O–H groups in total. The predicted octanol–water partition coefficient (Wildman–Crippen LogP) is 5.19. The molecule has 0 amide bonds. The molecule has 1 aliphatic heterocycles. The molecule has 4 nitrogen and oxygen atoms in total. The van der Waals surface area contributed by atoms with Crippen LogP contribution in [0.1, 0.15) is 25.3 Å². The minimum absolute atomic E-state index is 0.0135. The number of pyridine rings is 1. The van der Waals surface area contributed by atoms with E-state index in [9.17, 15) is 4.79 Å². The smallest absolute Gasteiger partial charge is 0.310 e. The number of likely N-dealkylation sites (tertiary alicyclic amines) is 1. The van der Waals surface area contributed by atoms with Crippen LogP contribution in [0, 0.1) is 5.92 Å². The zero-order valence-corrected chi connectivity index (χ0v) is 17.5. The molecule has 1 aliphatic rings. The maximum Gasteiger partial charge on any atom is 0.310 e. The number of aromatic nitrogens is 1. The van der Waals surface area contributed by atoms with Gasteiger partial charge < -0.3 is 4.74 Å². The summed E-state index contributed by atoms with van der Waals surface area (Å²) in [5, 5.41) is 0. The molecule has 0 aliphatic carbocycles. The SMILES string of the molecule is CCOC(=O)C1CCCN(Cc2cncc(-c3ccc(-c4ccccc4)cc3)c2)C1. The number of piperidine rings is 1. The molecule has 1 fully saturated rings. The quantitative estimate of drug-likeness (QED) is 0.534. The highest BCUT2D eigenvalue weighted by atomic mass is 16.5. The van der Waals surface area contributed by atoms with Gasteiger partial charge in [-0.3, -0.25) is 14.7 Å². The first kappa shape index (κ1) is 20.3. The zero-order chi connectivity index (χ0) is 20.8. The number of rotatable bonds is 6. The monoisotopic (exact) mass is 400 g/mol. The van der Waals surface area contributed by atoms with E-state index < -0.39 is 0 Å². The van der Waals surface area contributed by atoms with Crippen LogP contribution >= 0.6 is 0 Å². The second-order valence-corrected chi connectivity index (χ2v) is 7.85. The molecule has 3 aromatic rings. The fourth-order valence-electron chi connectivity index (χ4n) is 4.13. The van der Waals surface area contributed by atoms with Crippen LogP contribution in [-0.2, 0) is 16.1 Å². The molecule has 1 aromatic heterocycles. The lowest BCUT2D eigenvalue weighted by Crippen LogP contribution is -2.38. The fraction of sp³-hybridized carbons (Fsp3) is 0.308. The maximum absolute atomic E-state index is 12.1. The van der Waals surface area contributed by atoms with Crippen molar-refractivity contribution in [1.82, 2.24) is 9.88 Å². The molecule has 0 spiro atoms. The average molecular weight is 401 g/mol. The summed E-state index contributed by atoms with van der Waals surface area (Å²) >= 11 is 0. The van der Waals surface area contributed by atoms with Crippen molar-refractivity contribution in [3.63, 3.8) is 0 Å². The molecule has 2 heterocycles. The summed E-state index contributed by atoms with van der Waals surface area (Å²) in [6.07, 6.45) is 5.79. The van der Waals surface area contributed by atoms with Crippen molar-refractivity contribution in [3.05, 3.63) is 78.6 Å². The van der Waals surface area contributed by atoms with E-state index in [-0.39, 0.29) is 11.9 Å². The highest BCUT2D eigenvalue weighted by molar-refractivity contribution is 5.73. The van der Waals surface area contributed by atoms with Gasteiger partial charge in [0.1, 0.15) is 0 Å².